The summed E-state index contributed by atoms with van der Waals surface area (Å²) in [6.07, 6.45) is 8.52. The molecule has 1 heterocycles. The molecule has 1 aliphatic rings. The van der Waals surface area contributed by atoms with Gasteiger partial charge in [0.2, 0.25) is 0 Å². The Balaban J connectivity index is 2.12. The fourth-order valence-electron chi connectivity index (χ4n) is 2.39. The molecule has 1 saturated carbocycles. The first-order valence-corrected chi connectivity index (χ1v) is 6.70. The quantitative estimate of drug-likeness (QED) is 0.785. The van der Waals surface area contributed by atoms with Crippen LogP contribution in [0.2, 0.25) is 0 Å². The van der Waals surface area contributed by atoms with Crippen LogP contribution in [0.25, 0.3) is 0 Å². The molecule has 0 N–H and O–H groups in total. The lowest BCUT2D eigenvalue weighted by Gasteiger charge is -2.40. The number of aryl methyl sites for hydroxylation is 1. The minimum absolute atomic E-state index is 0.134. The zero-order valence-corrected chi connectivity index (χ0v) is 10.7. The van der Waals surface area contributed by atoms with Gasteiger partial charge in [0.05, 0.1) is 0 Å². The highest BCUT2D eigenvalue weighted by Gasteiger charge is 2.36. The van der Waals surface area contributed by atoms with Gasteiger partial charge in [0.25, 0.3) is 0 Å². The highest BCUT2D eigenvalue weighted by molar-refractivity contribution is 7.80. The molecule has 1 aliphatic carbocycles. The van der Waals surface area contributed by atoms with Crippen molar-refractivity contribution in [2.24, 2.45) is 5.41 Å². The highest BCUT2D eigenvalue weighted by Crippen LogP contribution is 2.42. The third-order valence-electron chi connectivity index (χ3n) is 3.64. The maximum atomic E-state index is 12.0. The molecule has 0 aliphatic heterocycles. The van der Waals surface area contributed by atoms with E-state index < -0.39 is 0 Å². The summed E-state index contributed by atoms with van der Waals surface area (Å²) in [4.78, 5) is 12.0. The zero-order chi connectivity index (χ0) is 11.6. The van der Waals surface area contributed by atoms with Crippen LogP contribution in [-0.4, -0.2) is 14.9 Å². The average Bonchev–Trinajstić information content (AvgIpc) is 2.56. The Kier molecular flexibility index (Phi) is 3.47. The van der Waals surface area contributed by atoms with Crippen LogP contribution in [0.15, 0.2) is 17.2 Å². The van der Waals surface area contributed by atoms with E-state index in [1.807, 2.05) is 17.0 Å². The van der Waals surface area contributed by atoms with Gasteiger partial charge in [-0.1, -0.05) is 13.3 Å². The molecule has 4 heteroatoms. The molecule has 1 fully saturated rings. The second-order valence-corrected chi connectivity index (χ2v) is 5.23. The normalized spacial score (nSPS) is 18.4. The molecule has 3 nitrogen and oxygen atoms in total. The standard InChI is InChI=1S/C12H20N2OS/c1-2-6-13-7-8-14(11(13)15)9-12(10-16)4-3-5-12/h7-8,16H,2-6,9-10H2,1H3. The largest absolute Gasteiger partial charge is 0.328 e. The van der Waals surface area contributed by atoms with Crippen molar-refractivity contribution in [3.63, 3.8) is 0 Å². The minimum Gasteiger partial charge on any atom is -0.299 e. The molecular formula is C12H20N2OS. The molecule has 0 bridgehead atoms. The molecular weight excluding hydrogens is 220 g/mol. The van der Waals surface area contributed by atoms with E-state index in [0.29, 0.717) is 0 Å². The van der Waals surface area contributed by atoms with E-state index in [9.17, 15) is 4.79 Å². The first-order chi connectivity index (χ1) is 7.71. The van der Waals surface area contributed by atoms with E-state index in [4.69, 9.17) is 0 Å². The number of nitrogens with zero attached hydrogens (tertiary/aromatic N) is 2. The Hall–Kier alpha value is -0.640. The molecule has 1 aromatic heterocycles. The van der Waals surface area contributed by atoms with Crippen molar-refractivity contribution >= 4 is 12.6 Å². The highest BCUT2D eigenvalue weighted by atomic mass is 32.1. The molecule has 2 rings (SSSR count). The third-order valence-corrected chi connectivity index (χ3v) is 4.31. The average molecular weight is 240 g/mol. The second-order valence-electron chi connectivity index (χ2n) is 4.91. The first-order valence-electron chi connectivity index (χ1n) is 6.07. The first kappa shape index (κ1) is 11.8. The van der Waals surface area contributed by atoms with E-state index in [1.165, 1.54) is 19.3 Å². The summed E-state index contributed by atoms with van der Waals surface area (Å²) in [6, 6.07) is 0. The summed E-state index contributed by atoms with van der Waals surface area (Å²) in [5.74, 6) is 0.887. The predicted molar refractivity (Wildman–Crippen MR) is 69.1 cm³/mol. The molecule has 0 radical (unpaired) electrons. The molecule has 0 saturated heterocycles. The smallest absolute Gasteiger partial charge is 0.299 e. The summed E-state index contributed by atoms with van der Waals surface area (Å²) in [5, 5.41) is 0. The zero-order valence-electron chi connectivity index (χ0n) is 9.85. The van der Waals surface area contributed by atoms with E-state index in [0.717, 1.165) is 25.3 Å². The minimum atomic E-state index is 0.134. The predicted octanol–water partition coefficient (Wildman–Crippen LogP) is 2.16. The van der Waals surface area contributed by atoms with Gasteiger partial charge in [-0.2, -0.15) is 12.6 Å². The third kappa shape index (κ3) is 2.08. The van der Waals surface area contributed by atoms with Crippen molar-refractivity contribution in [1.82, 2.24) is 9.13 Å². The summed E-state index contributed by atoms with van der Waals surface area (Å²) in [7, 11) is 0. The Morgan fingerprint density at radius 3 is 2.56 bits per heavy atom. The lowest BCUT2D eigenvalue weighted by Crippen LogP contribution is -2.39. The van der Waals surface area contributed by atoms with Gasteiger partial charge in [-0.25, -0.2) is 4.79 Å². The number of hydrogen-bond donors (Lipinski definition) is 1. The van der Waals surface area contributed by atoms with Crippen molar-refractivity contribution in [3.05, 3.63) is 22.9 Å². The summed E-state index contributed by atoms with van der Waals surface area (Å²) in [6.45, 7) is 3.75. The van der Waals surface area contributed by atoms with Crippen LogP contribution in [0.3, 0.4) is 0 Å². The van der Waals surface area contributed by atoms with Gasteiger partial charge in [-0.3, -0.25) is 9.13 Å². The van der Waals surface area contributed by atoms with Crippen LogP contribution in [-0.2, 0) is 13.1 Å². The number of rotatable bonds is 5. The molecule has 16 heavy (non-hydrogen) atoms. The molecule has 0 unspecified atom stereocenters. The summed E-state index contributed by atoms with van der Waals surface area (Å²) < 4.78 is 3.65. The van der Waals surface area contributed by atoms with Crippen molar-refractivity contribution in [2.75, 3.05) is 5.75 Å². The number of hydrogen-bond acceptors (Lipinski definition) is 2. The lowest BCUT2D eigenvalue weighted by atomic mass is 9.70. The van der Waals surface area contributed by atoms with Gasteiger partial charge in [0.1, 0.15) is 0 Å². The number of imidazole rings is 1. The van der Waals surface area contributed by atoms with Crippen molar-refractivity contribution in [3.8, 4) is 0 Å². The second kappa shape index (κ2) is 4.70. The summed E-state index contributed by atoms with van der Waals surface area (Å²) >= 11 is 4.42. The van der Waals surface area contributed by atoms with Crippen LogP contribution in [0.1, 0.15) is 32.6 Å². The number of aromatic nitrogens is 2. The number of thiol groups is 1. The van der Waals surface area contributed by atoms with E-state index >= 15 is 0 Å². The molecule has 0 spiro atoms. The molecule has 1 aromatic rings. The fraction of sp³-hybridized carbons (Fsp3) is 0.750. The Labute approximate surface area is 102 Å². The van der Waals surface area contributed by atoms with Gasteiger partial charge >= 0.3 is 5.69 Å². The van der Waals surface area contributed by atoms with E-state index in [-0.39, 0.29) is 11.1 Å². The van der Waals surface area contributed by atoms with Crippen LogP contribution >= 0.6 is 12.6 Å². The topological polar surface area (TPSA) is 26.9 Å². The van der Waals surface area contributed by atoms with Crippen LogP contribution < -0.4 is 5.69 Å². The van der Waals surface area contributed by atoms with Crippen LogP contribution in [0, 0.1) is 5.41 Å². The Morgan fingerprint density at radius 1 is 1.38 bits per heavy atom. The van der Waals surface area contributed by atoms with Gasteiger partial charge < -0.3 is 0 Å². The monoisotopic (exact) mass is 240 g/mol. The maximum absolute atomic E-state index is 12.0. The van der Waals surface area contributed by atoms with Crippen LogP contribution in [0.4, 0.5) is 0 Å². The van der Waals surface area contributed by atoms with Crippen molar-refractivity contribution in [2.45, 2.75) is 45.7 Å². The van der Waals surface area contributed by atoms with E-state index in [1.54, 1.807) is 4.57 Å². The summed E-state index contributed by atoms with van der Waals surface area (Å²) in [5.41, 5.74) is 0.417. The Bertz CT molecular complexity index is 398. The van der Waals surface area contributed by atoms with Gasteiger partial charge in [-0.05, 0) is 30.4 Å². The van der Waals surface area contributed by atoms with Gasteiger partial charge in [0, 0.05) is 25.5 Å². The maximum Gasteiger partial charge on any atom is 0.328 e. The SMILES string of the molecule is CCCn1ccn(CC2(CS)CCC2)c1=O. The molecule has 90 valence electrons. The van der Waals surface area contributed by atoms with Crippen molar-refractivity contribution < 1.29 is 0 Å². The van der Waals surface area contributed by atoms with Gasteiger partial charge in [-0.15, -0.1) is 0 Å². The lowest BCUT2D eigenvalue weighted by molar-refractivity contribution is 0.137. The molecule has 0 atom stereocenters. The van der Waals surface area contributed by atoms with Crippen LogP contribution in [0.5, 0.6) is 0 Å². The van der Waals surface area contributed by atoms with E-state index in [2.05, 4.69) is 19.6 Å². The van der Waals surface area contributed by atoms with Crippen molar-refractivity contribution in [1.29, 1.82) is 0 Å². The Morgan fingerprint density at radius 2 is 2.06 bits per heavy atom. The molecule has 0 amide bonds. The fourth-order valence-corrected chi connectivity index (χ4v) is 2.81. The van der Waals surface area contributed by atoms with Gasteiger partial charge in [0.15, 0.2) is 0 Å². The molecule has 0 aromatic carbocycles.